The molecule has 2 aliphatic heterocycles. The van der Waals surface area contributed by atoms with Crippen molar-refractivity contribution in [2.45, 2.75) is 63.2 Å². The first kappa shape index (κ1) is 25.5. The normalized spacial score (nSPS) is 21.1. The van der Waals surface area contributed by atoms with E-state index >= 15 is 0 Å². The van der Waals surface area contributed by atoms with Gasteiger partial charge in [-0.25, -0.2) is 0 Å². The highest BCUT2D eigenvalue weighted by Gasteiger charge is 2.65. The number of nitrogens with one attached hydrogen (secondary N) is 1. The minimum atomic E-state index is -9.78. The first-order chi connectivity index (χ1) is 16.2. The standard InChI is InChI=1S/C23H28F5N3O3S/c1-3-19(16-6-8-17(9-7-16)35(24,25,26,27)28)29-22(32)18-13-20(31-11-12-34-14-21(18)31)23(33)30-10-4-5-15(30)2/h6-9,13,15,19H,3-5,10-12,14H2,1-2H3,(H,29,32)/t15-,19?/m0/s1. The van der Waals surface area contributed by atoms with Crippen LogP contribution in [0.3, 0.4) is 0 Å². The smallest absolute Gasteiger partial charge is 0.310 e. The van der Waals surface area contributed by atoms with Crippen LogP contribution in [0.5, 0.6) is 0 Å². The average molecular weight is 522 g/mol. The number of hydrogen-bond donors (Lipinski definition) is 1. The molecule has 1 unspecified atom stereocenters. The molecule has 1 saturated heterocycles. The Bertz CT molecular complexity index is 1150. The molecule has 2 aromatic rings. The van der Waals surface area contributed by atoms with Gasteiger partial charge in [-0.2, -0.15) is 0 Å². The Labute approximate surface area is 200 Å². The summed E-state index contributed by atoms with van der Waals surface area (Å²) in [7, 11) is -9.78. The lowest BCUT2D eigenvalue weighted by Crippen LogP contribution is -2.35. The van der Waals surface area contributed by atoms with Crippen LogP contribution < -0.4 is 5.32 Å². The Morgan fingerprint density at radius 3 is 2.40 bits per heavy atom. The van der Waals surface area contributed by atoms with E-state index in [9.17, 15) is 29.0 Å². The van der Waals surface area contributed by atoms with E-state index in [-0.39, 0.29) is 29.7 Å². The summed E-state index contributed by atoms with van der Waals surface area (Å²) in [6.45, 7) is 5.29. The molecule has 6 nitrogen and oxygen atoms in total. The van der Waals surface area contributed by atoms with E-state index in [0.29, 0.717) is 49.6 Å². The molecule has 0 aliphatic carbocycles. The monoisotopic (exact) mass is 521 g/mol. The molecule has 12 heteroatoms. The van der Waals surface area contributed by atoms with Gasteiger partial charge in [0.1, 0.15) is 10.6 Å². The molecule has 0 spiro atoms. The minimum absolute atomic E-state index is 0.101. The van der Waals surface area contributed by atoms with Crippen LogP contribution >= 0.6 is 10.2 Å². The average Bonchev–Trinajstić information content (AvgIpc) is 3.39. The fourth-order valence-corrected chi connectivity index (χ4v) is 5.35. The van der Waals surface area contributed by atoms with E-state index in [0.717, 1.165) is 25.0 Å². The lowest BCUT2D eigenvalue weighted by Gasteiger charge is -2.40. The Hall–Kier alpha value is -2.60. The van der Waals surface area contributed by atoms with E-state index in [1.807, 2.05) is 6.92 Å². The summed E-state index contributed by atoms with van der Waals surface area (Å²) >= 11 is 0. The zero-order valence-electron chi connectivity index (χ0n) is 19.4. The van der Waals surface area contributed by atoms with Crippen molar-refractivity contribution in [3.8, 4) is 0 Å². The molecule has 4 rings (SSSR count). The molecule has 2 atom stereocenters. The van der Waals surface area contributed by atoms with Gasteiger partial charge in [-0.05, 0) is 49.9 Å². The topological polar surface area (TPSA) is 63.6 Å². The number of hydrogen-bond acceptors (Lipinski definition) is 3. The molecule has 2 amide bonds. The fourth-order valence-electron chi connectivity index (χ4n) is 4.69. The molecule has 1 aromatic heterocycles. The van der Waals surface area contributed by atoms with Gasteiger partial charge in [-0.3, -0.25) is 9.59 Å². The number of likely N-dealkylation sites (tertiary alicyclic amines) is 1. The number of halogens is 5. The maximum atomic E-state index is 13.2. The molecule has 0 bridgehead atoms. The summed E-state index contributed by atoms with van der Waals surface area (Å²) in [5.74, 6) is -0.674. The largest absolute Gasteiger partial charge is 0.373 e. The van der Waals surface area contributed by atoms with Crippen LogP contribution in [0, 0.1) is 0 Å². The molecule has 1 N–H and O–H groups in total. The van der Waals surface area contributed by atoms with Gasteiger partial charge >= 0.3 is 10.2 Å². The molecule has 1 aromatic carbocycles. The molecule has 35 heavy (non-hydrogen) atoms. The van der Waals surface area contributed by atoms with Crippen molar-refractivity contribution < 1.29 is 33.8 Å². The van der Waals surface area contributed by atoms with Gasteiger partial charge in [-0.15, -0.1) is 0 Å². The van der Waals surface area contributed by atoms with Crippen LogP contribution in [0.1, 0.15) is 71.3 Å². The molecular formula is C23H28F5N3O3S. The van der Waals surface area contributed by atoms with Gasteiger partial charge in [-0.1, -0.05) is 38.5 Å². The first-order valence-electron chi connectivity index (χ1n) is 11.5. The minimum Gasteiger partial charge on any atom is -0.373 e. The van der Waals surface area contributed by atoms with Crippen LogP contribution in [0.15, 0.2) is 35.2 Å². The highest BCUT2D eigenvalue weighted by atomic mass is 32.5. The van der Waals surface area contributed by atoms with E-state index in [1.54, 1.807) is 16.4 Å². The molecule has 3 heterocycles. The molecule has 1 fully saturated rings. The summed E-state index contributed by atoms with van der Waals surface area (Å²) in [5.41, 5.74) is 1.46. The summed E-state index contributed by atoms with van der Waals surface area (Å²) in [6.07, 6.45) is 2.13. The van der Waals surface area contributed by atoms with Crippen molar-refractivity contribution in [2.75, 3.05) is 13.2 Å². The number of amides is 2. The Morgan fingerprint density at radius 2 is 1.83 bits per heavy atom. The zero-order chi connectivity index (χ0) is 25.7. The van der Waals surface area contributed by atoms with Crippen molar-refractivity contribution in [1.82, 2.24) is 14.8 Å². The fraction of sp³-hybridized carbons (Fsp3) is 0.478. The number of carbonyl (C=O) groups excluding carboxylic acids is 2. The number of nitrogens with zero attached hydrogens (tertiary/aromatic N) is 2. The summed E-state index contributed by atoms with van der Waals surface area (Å²) in [6, 6.07) is 3.50. The summed E-state index contributed by atoms with van der Waals surface area (Å²) in [5, 5.41) is 2.77. The predicted octanol–water partition coefficient (Wildman–Crippen LogP) is 6.18. The van der Waals surface area contributed by atoms with E-state index < -0.39 is 27.1 Å². The third-order valence-corrected chi connectivity index (χ3v) is 7.79. The summed E-state index contributed by atoms with van der Waals surface area (Å²) < 4.78 is 72.5. The second-order valence-electron chi connectivity index (χ2n) is 9.06. The molecule has 2 aliphatic rings. The Morgan fingerprint density at radius 1 is 1.14 bits per heavy atom. The second kappa shape index (κ2) is 8.22. The van der Waals surface area contributed by atoms with Gasteiger partial charge in [0, 0.05) is 19.1 Å². The Kier molecular flexibility index (Phi) is 5.99. The quantitative estimate of drug-likeness (QED) is 0.462. The van der Waals surface area contributed by atoms with Crippen molar-refractivity contribution in [3.05, 3.63) is 52.8 Å². The van der Waals surface area contributed by atoms with Crippen LogP contribution in [0.2, 0.25) is 0 Å². The van der Waals surface area contributed by atoms with Gasteiger partial charge in [0.05, 0.1) is 30.5 Å². The molecule has 0 saturated carbocycles. The molecular weight excluding hydrogens is 493 g/mol. The summed E-state index contributed by atoms with van der Waals surface area (Å²) in [4.78, 5) is 26.2. The van der Waals surface area contributed by atoms with E-state index in [1.165, 1.54) is 6.07 Å². The number of benzene rings is 1. The predicted molar refractivity (Wildman–Crippen MR) is 122 cm³/mol. The van der Waals surface area contributed by atoms with Crippen LogP contribution in [-0.4, -0.2) is 40.5 Å². The zero-order valence-corrected chi connectivity index (χ0v) is 20.2. The van der Waals surface area contributed by atoms with Crippen molar-refractivity contribution in [2.24, 2.45) is 0 Å². The van der Waals surface area contributed by atoms with Crippen LogP contribution in [0.25, 0.3) is 0 Å². The van der Waals surface area contributed by atoms with Crippen LogP contribution in [0.4, 0.5) is 19.4 Å². The van der Waals surface area contributed by atoms with Gasteiger partial charge in [0.15, 0.2) is 0 Å². The highest BCUT2D eigenvalue weighted by molar-refractivity contribution is 8.45. The lowest BCUT2D eigenvalue weighted by molar-refractivity contribution is 0.0683. The van der Waals surface area contributed by atoms with Crippen molar-refractivity contribution >= 4 is 22.0 Å². The van der Waals surface area contributed by atoms with Gasteiger partial charge < -0.3 is 19.5 Å². The molecule has 0 radical (unpaired) electrons. The maximum Gasteiger partial charge on any atom is 0.310 e. The van der Waals surface area contributed by atoms with Crippen molar-refractivity contribution in [1.29, 1.82) is 0 Å². The first-order valence-corrected chi connectivity index (χ1v) is 13.4. The molecule has 194 valence electrons. The SMILES string of the molecule is CCC(NC(=O)c1cc(C(=O)N2CCC[C@@H]2C)n2c1COCC2)c1ccc(S(F)(F)(F)(F)F)cc1. The van der Waals surface area contributed by atoms with Crippen molar-refractivity contribution in [3.63, 3.8) is 0 Å². The number of aromatic nitrogens is 1. The van der Waals surface area contributed by atoms with Gasteiger partial charge in [0.25, 0.3) is 11.8 Å². The maximum absolute atomic E-state index is 13.2. The number of carbonyl (C=O) groups is 2. The number of fused-ring (bicyclic) bond motifs is 1. The van der Waals surface area contributed by atoms with E-state index in [4.69, 9.17) is 4.74 Å². The third-order valence-electron chi connectivity index (χ3n) is 6.63. The van der Waals surface area contributed by atoms with E-state index in [2.05, 4.69) is 5.32 Å². The van der Waals surface area contributed by atoms with Gasteiger partial charge in [0.2, 0.25) is 0 Å². The second-order valence-corrected chi connectivity index (χ2v) is 11.5. The Balaban J connectivity index is 1.59. The third kappa shape index (κ3) is 5.18. The lowest BCUT2D eigenvalue weighted by atomic mass is 10.0. The number of ether oxygens (including phenoxy) is 1. The highest BCUT2D eigenvalue weighted by Crippen LogP contribution is 3.02. The number of rotatable bonds is 6. The van der Waals surface area contributed by atoms with Crippen LogP contribution in [-0.2, 0) is 17.9 Å².